The first kappa shape index (κ1) is 17.1. The summed E-state index contributed by atoms with van der Waals surface area (Å²) in [5, 5.41) is 6.38. The van der Waals surface area contributed by atoms with Crippen molar-refractivity contribution in [3.8, 4) is 0 Å². The van der Waals surface area contributed by atoms with Gasteiger partial charge in [0.15, 0.2) is 0 Å². The number of hydrogen-bond acceptors (Lipinski definition) is 3. The minimum absolute atomic E-state index is 0.518. The Morgan fingerprint density at radius 1 is 1.24 bits per heavy atom. The largest absolute Gasteiger partial charge is 0.322 e. The van der Waals surface area contributed by atoms with Crippen molar-refractivity contribution in [3.05, 3.63) is 28.8 Å². The number of anilines is 1. The van der Waals surface area contributed by atoms with E-state index in [2.05, 4.69) is 15.5 Å². The Bertz CT molecular complexity index is 513. The summed E-state index contributed by atoms with van der Waals surface area (Å²) in [4.78, 5) is 14.0. The third-order valence-corrected chi connectivity index (χ3v) is 3.82. The molecule has 1 fully saturated rings. The van der Waals surface area contributed by atoms with Crippen LogP contribution in [0.5, 0.6) is 0 Å². The first-order valence-corrected chi connectivity index (χ1v) is 7.96. The second-order valence-corrected chi connectivity index (χ2v) is 7.54. The number of piperazine rings is 1. The Kier molecular flexibility index (Phi) is 6.00. The van der Waals surface area contributed by atoms with Crippen molar-refractivity contribution in [2.75, 3.05) is 31.5 Å². The molecule has 0 saturated carbocycles. The number of halogens is 4. The third kappa shape index (κ3) is 5.47. The zero-order chi connectivity index (χ0) is 15.5. The van der Waals surface area contributed by atoms with Crippen molar-refractivity contribution in [2.45, 2.75) is 10.3 Å². The first-order valence-electron chi connectivity index (χ1n) is 6.45. The lowest BCUT2D eigenvalue weighted by Crippen LogP contribution is -2.42. The molecular weight excluding hydrogens is 356 g/mol. The number of carbonyl (C=O) groups is 1. The maximum absolute atomic E-state index is 11.7. The van der Waals surface area contributed by atoms with Gasteiger partial charge in [0.1, 0.15) is 0 Å². The predicted molar refractivity (Wildman–Crippen MR) is 88.5 cm³/mol. The van der Waals surface area contributed by atoms with Crippen LogP contribution in [-0.4, -0.2) is 40.8 Å². The molecule has 2 rings (SSSR count). The smallest absolute Gasteiger partial charge is 0.276 e. The van der Waals surface area contributed by atoms with Gasteiger partial charge >= 0.3 is 0 Å². The molecule has 1 amide bonds. The van der Waals surface area contributed by atoms with E-state index in [1.54, 1.807) is 6.07 Å². The summed E-state index contributed by atoms with van der Waals surface area (Å²) in [7, 11) is 0. The lowest BCUT2D eigenvalue weighted by molar-refractivity contribution is -0.115. The number of amides is 1. The summed E-state index contributed by atoms with van der Waals surface area (Å²) in [6.07, 6.45) is 0. The van der Waals surface area contributed by atoms with Crippen molar-refractivity contribution < 1.29 is 4.79 Å². The third-order valence-electron chi connectivity index (χ3n) is 3.09. The predicted octanol–water partition coefficient (Wildman–Crippen LogP) is 3.05. The van der Waals surface area contributed by atoms with E-state index >= 15 is 0 Å². The summed E-state index contributed by atoms with van der Waals surface area (Å²) in [6, 6.07) is 5.33. The first-order chi connectivity index (χ1) is 9.84. The Hall–Kier alpha value is -0.230. The number of nitrogens with zero attached hydrogens (tertiary/aromatic N) is 1. The van der Waals surface area contributed by atoms with Gasteiger partial charge in [0, 0.05) is 43.4 Å². The van der Waals surface area contributed by atoms with E-state index in [4.69, 9.17) is 46.4 Å². The molecule has 1 heterocycles. The van der Waals surface area contributed by atoms with Crippen LogP contribution in [0.2, 0.25) is 5.02 Å². The number of carbonyl (C=O) groups excluding carboxylic acids is 1. The average molecular weight is 371 g/mol. The van der Waals surface area contributed by atoms with Crippen LogP contribution in [0.4, 0.5) is 5.69 Å². The lowest BCUT2D eigenvalue weighted by atomic mass is 10.1. The minimum Gasteiger partial charge on any atom is -0.322 e. The molecule has 1 aromatic rings. The topological polar surface area (TPSA) is 44.4 Å². The van der Waals surface area contributed by atoms with E-state index in [1.807, 2.05) is 12.1 Å². The second kappa shape index (κ2) is 7.36. The minimum atomic E-state index is -2.00. The zero-order valence-corrected chi connectivity index (χ0v) is 14.2. The molecule has 4 nitrogen and oxygen atoms in total. The van der Waals surface area contributed by atoms with Crippen LogP contribution in [0.15, 0.2) is 18.2 Å². The maximum Gasteiger partial charge on any atom is 0.276 e. The van der Waals surface area contributed by atoms with E-state index in [0.717, 1.165) is 38.3 Å². The molecule has 21 heavy (non-hydrogen) atoms. The molecular formula is C13H15Cl4N3O. The van der Waals surface area contributed by atoms with Gasteiger partial charge in [-0.25, -0.2) is 0 Å². The molecule has 116 valence electrons. The normalized spacial score (nSPS) is 16.8. The molecule has 0 unspecified atom stereocenters. The highest BCUT2D eigenvalue weighted by Gasteiger charge is 2.30. The Balaban J connectivity index is 2.07. The highest BCUT2D eigenvalue weighted by atomic mass is 35.6. The summed E-state index contributed by atoms with van der Waals surface area (Å²) in [6.45, 7) is 4.65. The highest BCUT2D eigenvalue weighted by Crippen LogP contribution is 2.28. The fraction of sp³-hybridized carbons (Fsp3) is 0.462. The van der Waals surface area contributed by atoms with Gasteiger partial charge in [0.25, 0.3) is 9.70 Å². The van der Waals surface area contributed by atoms with E-state index in [0.29, 0.717) is 10.7 Å². The summed E-state index contributed by atoms with van der Waals surface area (Å²) >= 11 is 22.7. The van der Waals surface area contributed by atoms with Crippen LogP contribution in [0.3, 0.4) is 0 Å². The van der Waals surface area contributed by atoms with Gasteiger partial charge in [-0.2, -0.15) is 0 Å². The summed E-state index contributed by atoms with van der Waals surface area (Å²) < 4.78 is -2.00. The number of benzene rings is 1. The van der Waals surface area contributed by atoms with Crippen LogP contribution in [0, 0.1) is 0 Å². The van der Waals surface area contributed by atoms with E-state index < -0.39 is 9.70 Å². The molecule has 1 aliphatic rings. The molecule has 0 radical (unpaired) electrons. The second-order valence-electron chi connectivity index (χ2n) is 4.83. The monoisotopic (exact) mass is 369 g/mol. The summed E-state index contributed by atoms with van der Waals surface area (Å²) in [5.74, 6) is -0.706. The van der Waals surface area contributed by atoms with E-state index in [-0.39, 0.29) is 0 Å². The Morgan fingerprint density at radius 2 is 1.90 bits per heavy atom. The fourth-order valence-electron chi connectivity index (χ4n) is 2.14. The van der Waals surface area contributed by atoms with Crippen molar-refractivity contribution in [3.63, 3.8) is 0 Å². The van der Waals surface area contributed by atoms with E-state index in [9.17, 15) is 4.79 Å². The lowest BCUT2D eigenvalue weighted by Gasteiger charge is -2.27. The van der Waals surface area contributed by atoms with Gasteiger partial charge in [0.05, 0.1) is 0 Å². The highest BCUT2D eigenvalue weighted by molar-refractivity contribution is 6.76. The van der Waals surface area contributed by atoms with Crippen LogP contribution >= 0.6 is 46.4 Å². The van der Waals surface area contributed by atoms with Crippen molar-refractivity contribution in [1.82, 2.24) is 10.2 Å². The Labute approximate surface area is 143 Å². The molecule has 0 aliphatic carbocycles. The quantitative estimate of drug-likeness (QED) is 0.803. The van der Waals surface area contributed by atoms with Gasteiger partial charge in [-0.3, -0.25) is 9.69 Å². The number of rotatable bonds is 3. The number of nitrogens with one attached hydrogen (secondary N) is 2. The number of hydrogen-bond donors (Lipinski definition) is 2. The van der Waals surface area contributed by atoms with Gasteiger partial charge in [0.2, 0.25) is 0 Å². The standard InChI is InChI=1S/C13H15Cl4N3O/c14-10-5-9(8-20-3-1-18-2-4-20)6-11(7-10)19-12(21)13(15,16)17/h5-7,18H,1-4,8H2,(H,19,21). The van der Waals surface area contributed by atoms with Crippen molar-refractivity contribution >= 4 is 58.0 Å². The fourth-order valence-corrected chi connectivity index (χ4v) is 2.54. The number of alkyl halides is 3. The average Bonchev–Trinajstić information content (AvgIpc) is 2.38. The van der Waals surface area contributed by atoms with Crippen molar-refractivity contribution in [2.24, 2.45) is 0 Å². The summed E-state index contributed by atoms with van der Waals surface area (Å²) in [5.41, 5.74) is 1.52. The zero-order valence-electron chi connectivity index (χ0n) is 11.1. The van der Waals surface area contributed by atoms with Crippen LogP contribution in [0.25, 0.3) is 0 Å². The van der Waals surface area contributed by atoms with Crippen LogP contribution in [-0.2, 0) is 11.3 Å². The van der Waals surface area contributed by atoms with Crippen molar-refractivity contribution in [1.29, 1.82) is 0 Å². The molecule has 1 saturated heterocycles. The maximum atomic E-state index is 11.7. The van der Waals surface area contributed by atoms with Crippen LogP contribution < -0.4 is 10.6 Å². The van der Waals surface area contributed by atoms with Gasteiger partial charge < -0.3 is 10.6 Å². The molecule has 0 aromatic heterocycles. The Morgan fingerprint density at radius 3 is 2.52 bits per heavy atom. The molecule has 8 heteroatoms. The van der Waals surface area contributed by atoms with Gasteiger partial charge in [-0.15, -0.1) is 0 Å². The molecule has 0 atom stereocenters. The SMILES string of the molecule is O=C(Nc1cc(Cl)cc(CN2CCNCC2)c1)C(Cl)(Cl)Cl. The molecule has 1 aromatic carbocycles. The molecule has 0 bridgehead atoms. The molecule has 1 aliphatic heterocycles. The van der Waals surface area contributed by atoms with Crippen LogP contribution in [0.1, 0.15) is 5.56 Å². The van der Waals surface area contributed by atoms with Gasteiger partial charge in [-0.1, -0.05) is 46.4 Å². The molecule has 2 N–H and O–H groups in total. The van der Waals surface area contributed by atoms with Gasteiger partial charge in [-0.05, 0) is 23.8 Å². The van der Waals surface area contributed by atoms with E-state index in [1.165, 1.54) is 0 Å². The molecule has 0 spiro atoms.